The van der Waals surface area contributed by atoms with Gasteiger partial charge in [0.25, 0.3) is 10.0 Å². The average molecular weight is 564 g/mol. The molecule has 0 saturated carbocycles. The minimum atomic E-state index is -4.39. The molecule has 1 N–H and O–H groups in total. The molecule has 0 aliphatic carbocycles. The Balaban J connectivity index is 1.34. The van der Waals surface area contributed by atoms with Crippen molar-refractivity contribution in [1.29, 1.82) is 0 Å². The summed E-state index contributed by atoms with van der Waals surface area (Å²) in [5, 5.41) is 0. The second kappa shape index (κ2) is 10.7. The summed E-state index contributed by atoms with van der Waals surface area (Å²) in [5.41, 5.74) is 0.291. The van der Waals surface area contributed by atoms with Crippen LogP contribution in [-0.2, 0) is 22.6 Å². The van der Waals surface area contributed by atoms with E-state index >= 15 is 4.39 Å². The molecule has 2 aromatic carbocycles. The van der Waals surface area contributed by atoms with Gasteiger partial charge in [-0.3, -0.25) is 9.62 Å². The number of alkyl halides is 3. The molecule has 0 bridgehead atoms. The monoisotopic (exact) mass is 563 g/mol. The summed E-state index contributed by atoms with van der Waals surface area (Å²) in [6, 6.07) is 10.9. The molecule has 1 aromatic heterocycles. The van der Waals surface area contributed by atoms with Gasteiger partial charge in [-0.05, 0) is 81.1 Å². The van der Waals surface area contributed by atoms with Crippen molar-refractivity contribution in [2.45, 2.75) is 48.7 Å². The fourth-order valence-corrected chi connectivity index (χ4v) is 6.54. The molecule has 2 aliphatic heterocycles. The van der Waals surface area contributed by atoms with Gasteiger partial charge in [-0.1, -0.05) is 18.2 Å². The second-order valence-electron chi connectivity index (χ2n) is 10.1. The first kappa shape index (κ1) is 27.3. The smallest absolute Gasteiger partial charge is 0.370 e. The minimum absolute atomic E-state index is 0.0320. The number of halogens is 4. The SMILES string of the molecule is O=S(=O)(Nc1ccncn1)c1ccc(N2CCC[C@](CCc3cccc(C(F)(F)F)c3)(N3CCC3)C2)cc1F. The zero-order valence-corrected chi connectivity index (χ0v) is 22.0. The number of hydrogen-bond donors (Lipinski definition) is 1. The highest BCUT2D eigenvalue weighted by Crippen LogP contribution is 2.38. The summed E-state index contributed by atoms with van der Waals surface area (Å²) in [5.74, 6) is -0.845. The second-order valence-corrected chi connectivity index (χ2v) is 11.8. The number of piperidine rings is 1. The van der Waals surface area contributed by atoms with E-state index in [0.717, 1.165) is 38.4 Å². The number of hydrogen-bond acceptors (Lipinski definition) is 6. The van der Waals surface area contributed by atoms with Crippen LogP contribution in [0.4, 0.5) is 29.1 Å². The van der Waals surface area contributed by atoms with Crippen LogP contribution in [0.3, 0.4) is 0 Å². The van der Waals surface area contributed by atoms with Crippen molar-refractivity contribution >= 4 is 21.5 Å². The zero-order chi connectivity index (χ0) is 27.7. The summed E-state index contributed by atoms with van der Waals surface area (Å²) in [6.45, 7) is 3.08. The molecule has 0 amide bonds. The van der Waals surface area contributed by atoms with Crippen molar-refractivity contribution in [2.24, 2.45) is 0 Å². The van der Waals surface area contributed by atoms with Crippen molar-refractivity contribution in [3.63, 3.8) is 0 Å². The molecule has 0 spiro atoms. The Morgan fingerprint density at radius 1 is 1.03 bits per heavy atom. The molecule has 12 heteroatoms. The highest BCUT2D eigenvalue weighted by molar-refractivity contribution is 7.92. The van der Waals surface area contributed by atoms with Crippen molar-refractivity contribution < 1.29 is 26.0 Å². The number of benzene rings is 2. The third-order valence-electron chi connectivity index (χ3n) is 7.61. The Morgan fingerprint density at radius 2 is 1.85 bits per heavy atom. The molecule has 2 saturated heterocycles. The molecule has 3 aromatic rings. The lowest BCUT2D eigenvalue weighted by atomic mass is 9.80. The van der Waals surface area contributed by atoms with Crippen molar-refractivity contribution in [1.82, 2.24) is 14.9 Å². The molecule has 7 nitrogen and oxygen atoms in total. The van der Waals surface area contributed by atoms with Crippen LogP contribution in [0.15, 0.2) is 66.0 Å². The Morgan fingerprint density at radius 3 is 2.51 bits per heavy atom. The molecule has 3 heterocycles. The molecule has 2 aliphatic rings. The van der Waals surface area contributed by atoms with Gasteiger partial charge >= 0.3 is 6.18 Å². The lowest BCUT2D eigenvalue weighted by Crippen LogP contribution is -2.63. The number of aryl methyl sites for hydroxylation is 1. The van der Waals surface area contributed by atoms with Gasteiger partial charge in [-0.15, -0.1) is 0 Å². The van der Waals surface area contributed by atoms with Gasteiger partial charge in [0.05, 0.1) is 5.56 Å². The fourth-order valence-electron chi connectivity index (χ4n) is 5.47. The average Bonchev–Trinajstić information content (AvgIpc) is 2.86. The number of sulfonamides is 1. The summed E-state index contributed by atoms with van der Waals surface area (Å²) in [7, 11) is -4.20. The van der Waals surface area contributed by atoms with E-state index in [1.807, 2.05) is 4.90 Å². The maximum Gasteiger partial charge on any atom is 0.416 e. The molecular formula is C27H29F4N5O2S. The largest absolute Gasteiger partial charge is 0.416 e. The van der Waals surface area contributed by atoms with E-state index in [1.165, 1.54) is 42.9 Å². The third kappa shape index (κ3) is 6.01. The zero-order valence-electron chi connectivity index (χ0n) is 21.2. The molecular weight excluding hydrogens is 534 g/mol. The van der Waals surface area contributed by atoms with E-state index in [2.05, 4.69) is 19.6 Å². The Labute approximate surface area is 224 Å². The predicted octanol–water partition coefficient (Wildman–Crippen LogP) is 5.11. The van der Waals surface area contributed by atoms with Crippen molar-refractivity contribution in [3.8, 4) is 0 Å². The van der Waals surface area contributed by atoms with E-state index in [-0.39, 0.29) is 11.4 Å². The first-order chi connectivity index (χ1) is 18.6. The van der Waals surface area contributed by atoms with E-state index in [9.17, 15) is 21.6 Å². The van der Waals surface area contributed by atoms with Gasteiger partial charge < -0.3 is 4.90 Å². The van der Waals surface area contributed by atoms with Crippen LogP contribution in [-0.4, -0.2) is 55.0 Å². The standard InChI is InChI=1S/C27H29F4N5O2S/c28-23-17-22(6-7-24(23)39(37,38)34-25-9-12-32-19-33-25)35-13-2-10-26(18-35,36-14-3-15-36)11-8-20-4-1-5-21(16-20)27(29,30)31/h1,4-7,9,12,16-17,19H,2-3,8,10-11,13-15,18H2,(H,32,33,34)/t26-/m1/s1. The van der Waals surface area contributed by atoms with Gasteiger partial charge in [0, 0.05) is 30.5 Å². The van der Waals surface area contributed by atoms with Crippen molar-refractivity contribution in [2.75, 3.05) is 35.8 Å². The summed E-state index contributed by atoms with van der Waals surface area (Å²) in [6.07, 6.45) is 2.11. The normalized spacial score (nSPS) is 20.5. The van der Waals surface area contributed by atoms with Crippen LogP contribution in [0.1, 0.15) is 36.8 Å². The van der Waals surface area contributed by atoms with Gasteiger partial charge in [0.15, 0.2) is 0 Å². The van der Waals surface area contributed by atoms with Crippen LogP contribution < -0.4 is 9.62 Å². The molecule has 39 heavy (non-hydrogen) atoms. The van der Waals surface area contributed by atoms with Crippen molar-refractivity contribution in [3.05, 3.63) is 78.0 Å². The molecule has 1 atom stereocenters. The molecule has 2 fully saturated rings. The lowest BCUT2D eigenvalue weighted by molar-refractivity contribution is -0.137. The van der Waals surface area contributed by atoms with Gasteiger partial charge in [0.2, 0.25) is 0 Å². The van der Waals surface area contributed by atoms with Gasteiger partial charge in [-0.25, -0.2) is 22.8 Å². The lowest BCUT2D eigenvalue weighted by Gasteiger charge is -2.54. The topological polar surface area (TPSA) is 78.4 Å². The minimum Gasteiger partial charge on any atom is -0.370 e. The van der Waals surface area contributed by atoms with Crippen LogP contribution in [0.25, 0.3) is 0 Å². The summed E-state index contributed by atoms with van der Waals surface area (Å²) >= 11 is 0. The molecule has 208 valence electrons. The van der Waals surface area contributed by atoms with E-state index in [0.29, 0.717) is 37.2 Å². The first-order valence-electron chi connectivity index (χ1n) is 12.8. The van der Waals surface area contributed by atoms with E-state index in [1.54, 1.807) is 12.1 Å². The van der Waals surface area contributed by atoms with Crippen LogP contribution >= 0.6 is 0 Å². The maximum absolute atomic E-state index is 15.2. The van der Waals surface area contributed by atoms with Crippen LogP contribution in [0.2, 0.25) is 0 Å². The number of aromatic nitrogens is 2. The summed E-state index contributed by atoms with van der Waals surface area (Å²) < 4.78 is 82.6. The van der Waals surface area contributed by atoms with E-state index < -0.39 is 32.5 Å². The van der Waals surface area contributed by atoms with Gasteiger partial charge in [-0.2, -0.15) is 13.2 Å². The Hall–Kier alpha value is -3.25. The Bertz CT molecular complexity index is 1420. The van der Waals surface area contributed by atoms with Crippen LogP contribution in [0.5, 0.6) is 0 Å². The maximum atomic E-state index is 15.2. The van der Waals surface area contributed by atoms with Crippen LogP contribution in [0, 0.1) is 5.82 Å². The molecule has 0 unspecified atom stereocenters. The quantitative estimate of drug-likeness (QED) is 0.384. The summed E-state index contributed by atoms with van der Waals surface area (Å²) in [4.78, 5) is 11.5. The number of rotatable bonds is 8. The number of anilines is 2. The number of nitrogens with one attached hydrogen (secondary N) is 1. The number of likely N-dealkylation sites (tertiary alicyclic amines) is 1. The fraction of sp³-hybridized carbons (Fsp3) is 0.407. The number of nitrogens with zero attached hydrogens (tertiary/aromatic N) is 4. The highest BCUT2D eigenvalue weighted by atomic mass is 32.2. The molecule has 5 rings (SSSR count). The molecule has 0 radical (unpaired) electrons. The predicted molar refractivity (Wildman–Crippen MR) is 139 cm³/mol. The highest BCUT2D eigenvalue weighted by Gasteiger charge is 2.43. The van der Waals surface area contributed by atoms with Gasteiger partial charge in [0.1, 0.15) is 22.9 Å². The third-order valence-corrected chi connectivity index (χ3v) is 8.99. The Kier molecular flexibility index (Phi) is 7.51. The first-order valence-corrected chi connectivity index (χ1v) is 14.3. The van der Waals surface area contributed by atoms with E-state index in [4.69, 9.17) is 0 Å².